The van der Waals surface area contributed by atoms with E-state index in [0.29, 0.717) is 5.69 Å². The molecule has 2 heterocycles. The molecule has 2 aromatic carbocycles. The minimum Gasteiger partial charge on any atom is -0.462 e. The molecule has 0 saturated carbocycles. The van der Waals surface area contributed by atoms with Gasteiger partial charge in [-0.05, 0) is 43.2 Å². The maximum Gasteiger partial charge on any atom is 0.417 e. The summed E-state index contributed by atoms with van der Waals surface area (Å²) in [7, 11) is 0. The van der Waals surface area contributed by atoms with Gasteiger partial charge < -0.3 is 14.6 Å². The van der Waals surface area contributed by atoms with Crippen molar-refractivity contribution < 1.29 is 31.9 Å². The third kappa shape index (κ3) is 3.86. The summed E-state index contributed by atoms with van der Waals surface area (Å²) >= 11 is 0. The molecule has 0 atom stereocenters. The van der Waals surface area contributed by atoms with Crippen LogP contribution >= 0.6 is 0 Å². The van der Waals surface area contributed by atoms with E-state index in [2.05, 4.69) is 4.98 Å². The molecule has 1 aliphatic rings. The van der Waals surface area contributed by atoms with E-state index in [1.165, 1.54) is 6.20 Å². The van der Waals surface area contributed by atoms with Gasteiger partial charge in [0.2, 0.25) is 0 Å². The zero-order chi connectivity index (χ0) is 23.0. The number of alkyl halides is 3. The quantitative estimate of drug-likeness (QED) is 0.459. The number of carbonyl (C=O) groups is 2. The lowest BCUT2D eigenvalue weighted by atomic mass is 10.0. The normalized spacial score (nSPS) is 14.0. The van der Waals surface area contributed by atoms with Crippen molar-refractivity contribution in [3.63, 3.8) is 0 Å². The van der Waals surface area contributed by atoms with Gasteiger partial charge in [-0.3, -0.25) is 4.79 Å². The molecule has 3 aromatic rings. The van der Waals surface area contributed by atoms with Gasteiger partial charge in [0.1, 0.15) is 5.82 Å². The van der Waals surface area contributed by atoms with Gasteiger partial charge in [-0.25, -0.2) is 9.18 Å². The number of esters is 1. The zero-order valence-corrected chi connectivity index (χ0v) is 16.9. The fraction of sp³-hybridized carbons (Fsp3) is 0.217. The summed E-state index contributed by atoms with van der Waals surface area (Å²) in [6, 6.07) is 9.23. The highest BCUT2D eigenvalue weighted by atomic mass is 19.4. The fourth-order valence-electron chi connectivity index (χ4n) is 3.82. The van der Waals surface area contributed by atoms with Crippen LogP contribution in [-0.2, 0) is 22.1 Å². The first-order chi connectivity index (χ1) is 15.2. The fourth-order valence-corrected chi connectivity index (χ4v) is 3.82. The van der Waals surface area contributed by atoms with Crippen molar-refractivity contribution in [2.24, 2.45) is 0 Å². The third-order valence-corrected chi connectivity index (χ3v) is 5.24. The Bertz CT molecular complexity index is 1240. The molecule has 5 nitrogen and oxygen atoms in total. The molecule has 0 unspecified atom stereocenters. The third-order valence-electron chi connectivity index (χ3n) is 5.24. The summed E-state index contributed by atoms with van der Waals surface area (Å²) in [5, 5.41) is 0.838. The van der Waals surface area contributed by atoms with E-state index in [9.17, 15) is 27.2 Å². The van der Waals surface area contributed by atoms with E-state index in [4.69, 9.17) is 4.74 Å². The van der Waals surface area contributed by atoms with E-state index in [1.807, 2.05) is 24.3 Å². The molecule has 0 radical (unpaired) electrons. The predicted molar refractivity (Wildman–Crippen MR) is 109 cm³/mol. The molecule has 0 saturated heterocycles. The Labute approximate surface area is 180 Å². The lowest BCUT2D eigenvalue weighted by molar-refractivity contribution is -0.138. The minimum absolute atomic E-state index is 0.0191. The van der Waals surface area contributed by atoms with Crippen LogP contribution in [0.3, 0.4) is 0 Å². The number of carbonyl (C=O) groups excluding carboxylic acids is 2. The van der Waals surface area contributed by atoms with Crippen LogP contribution in [0.4, 0.5) is 17.6 Å². The van der Waals surface area contributed by atoms with Crippen LogP contribution in [0.1, 0.15) is 34.1 Å². The van der Waals surface area contributed by atoms with Crippen molar-refractivity contribution in [1.82, 2.24) is 9.88 Å². The van der Waals surface area contributed by atoms with Gasteiger partial charge in [-0.1, -0.05) is 18.2 Å². The number of hydrogen-bond acceptors (Lipinski definition) is 3. The number of para-hydroxylation sites is 1. The van der Waals surface area contributed by atoms with E-state index in [1.54, 1.807) is 6.92 Å². The monoisotopic (exact) mass is 446 g/mol. The number of hydrogen-bond donors (Lipinski definition) is 1. The van der Waals surface area contributed by atoms with Crippen molar-refractivity contribution >= 4 is 28.4 Å². The number of nitrogens with one attached hydrogen (secondary N) is 1. The Morgan fingerprint density at radius 2 is 1.91 bits per heavy atom. The van der Waals surface area contributed by atoms with E-state index < -0.39 is 35.0 Å². The smallest absolute Gasteiger partial charge is 0.417 e. The van der Waals surface area contributed by atoms with E-state index in [-0.39, 0.29) is 31.2 Å². The largest absolute Gasteiger partial charge is 0.462 e. The number of ether oxygens (including phenoxy) is 1. The van der Waals surface area contributed by atoms with Crippen LogP contribution < -0.4 is 0 Å². The molecule has 0 bridgehead atoms. The second kappa shape index (κ2) is 8.14. The Hall–Kier alpha value is -3.62. The molecule has 166 valence electrons. The number of nitrogens with zero attached hydrogens (tertiary/aromatic N) is 1. The van der Waals surface area contributed by atoms with Crippen LogP contribution in [-0.4, -0.2) is 34.9 Å². The Balaban J connectivity index is 1.82. The van der Waals surface area contributed by atoms with Gasteiger partial charge in [-0.15, -0.1) is 0 Å². The van der Waals surface area contributed by atoms with Gasteiger partial charge in [0, 0.05) is 23.6 Å². The lowest BCUT2D eigenvalue weighted by Gasteiger charge is -2.20. The van der Waals surface area contributed by atoms with Gasteiger partial charge in [0.15, 0.2) is 0 Å². The topological polar surface area (TPSA) is 62.4 Å². The van der Waals surface area contributed by atoms with Gasteiger partial charge in [0.05, 0.1) is 29.0 Å². The molecule has 32 heavy (non-hydrogen) atoms. The van der Waals surface area contributed by atoms with Crippen molar-refractivity contribution in [3.8, 4) is 0 Å². The first kappa shape index (κ1) is 21.6. The molecule has 1 amide bonds. The van der Waals surface area contributed by atoms with Crippen molar-refractivity contribution in [2.45, 2.75) is 19.5 Å². The Kier molecular flexibility index (Phi) is 5.50. The molecule has 1 aromatic heterocycles. The molecular weight excluding hydrogens is 428 g/mol. The zero-order valence-electron chi connectivity index (χ0n) is 16.9. The molecule has 1 aliphatic heterocycles. The van der Waals surface area contributed by atoms with Gasteiger partial charge in [0.25, 0.3) is 5.91 Å². The summed E-state index contributed by atoms with van der Waals surface area (Å²) in [5.74, 6) is -2.81. The SMILES string of the molecule is CCOC(=O)C1=CN(C(=O)c2ccc(F)cc2C(F)(F)F)CCc2c1[nH]c1ccccc21. The van der Waals surface area contributed by atoms with Crippen LogP contribution in [0.25, 0.3) is 16.5 Å². The maximum absolute atomic E-state index is 13.5. The summed E-state index contributed by atoms with van der Waals surface area (Å²) in [5.41, 5.74) is -0.0547. The molecule has 1 N–H and O–H groups in total. The molecule has 9 heteroatoms. The molecule has 0 aliphatic carbocycles. The second-order valence-corrected chi connectivity index (χ2v) is 7.22. The Morgan fingerprint density at radius 3 is 2.62 bits per heavy atom. The van der Waals surface area contributed by atoms with Crippen molar-refractivity contribution in [2.75, 3.05) is 13.2 Å². The molecular formula is C23H18F4N2O3. The first-order valence-corrected chi connectivity index (χ1v) is 9.87. The maximum atomic E-state index is 13.5. The number of fused-ring (bicyclic) bond motifs is 3. The predicted octanol–water partition coefficient (Wildman–Crippen LogP) is 4.93. The highest BCUT2D eigenvalue weighted by Gasteiger charge is 2.37. The number of halogens is 4. The second-order valence-electron chi connectivity index (χ2n) is 7.22. The summed E-state index contributed by atoms with van der Waals surface area (Å²) < 4.78 is 59.0. The van der Waals surface area contributed by atoms with Crippen LogP contribution in [0.15, 0.2) is 48.7 Å². The molecule has 0 fully saturated rings. The number of rotatable bonds is 3. The van der Waals surface area contributed by atoms with Crippen LogP contribution in [0, 0.1) is 5.82 Å². The number of aromatic nitrogens is 1. The number of amides is 1. The van der Waals surface area contributed by atoms with Crippen molar-refractivity contribution in [1.29, 1.82) is 0 Å². The molecule has 0 spiro atoms. The minimum atomic E-state index is -4.92. The average molecular weight is 446 g/mol. The van der Waals surface area contributed by atoms with E-state index in [0.717, 1.165) is 33.5 Å². The molecule has 4 rings (SSSR count). The highest BCUT2D eigenvalue weighted by molar-refractivity contribution is 6.18. The van der Waals surface area contributed by atoms with Crippen molar-refractivity contribution in [3.05, 3.63) is 76.9 Å². The van der Waals surface area contributed by atoms with E-state index >= 15 is 0 Å². The Morgan fingerprint density at radius 1 is 1.16 bits per heavy atom. The highest BCUT2D eigenvalue weighted by Crippen LogP contribution is 2.35. The van der Waals surface area contributed by atoms with Gasteiger partial charge in [-0.2, -0.15) is 13.2 Å². The number of H-pyrrole nitrogens is 1. The summed E-state index contributed by atoms with van der Waals surface area (Å²) in [6.07, 6.45) is -3.44. The lowest BCUT2D eigenvalue weighted by Crippen LogP contribution is -2.30. The standard InChI is InChI=1S/C23H18F4N2O3/c1-2-32-22(31)17-12-29(10-9-15-14-5-3-4-6-19(14)28-20(15)17)21(30)16-8-7-13(24)11-18(16)23(25,26)27/h3-8,11-12,28H,2,9-10H2,1H3. The summed E-state index contributed by atoms with van der Waals surface area (Å²) in [4.78, 5) is 30.0. The number of benzene rings is 2. The van der Waals surface area contributed by atoms with Crippen LogP contribution in [0.5, 0.6) is 0 Å². The number of aromatic amines is 1. The summed E-state index contributed by atoms with van der Waals surface area (Å²) in [6.45, 7) is 1.72. The first-order valence-electron chi connectivity index (χ1n) is 9.87. The van der Waals surface area contributed by atoms with Gasteiger partial charge >= 0.3 is 12.1 Å². The van der Waals surface area contributed by atoms with Crippen LogP contribution in [0.2, 0.25) is 0 Å². The average Bonchev–Trinajstić information content (AvgIpc) is 3.00.